The number of fused-ring (bicyclic) bond motifs is 1. The van der Waals surface area contributed by atoms with Crippen molar-refractivity contribution in [2.75, 3.05) is 0 Å². The number of halogens is 1. The maximum absolute atomic E-state index is 5.87. The molecule has 0 aliphatic heterocycles. The highest BCUT2D eigenvalue weighted by Crippen LogP contribution is 2.17. The van der Waals surface area contributed by atoms with Crippen molar-refractivity contribution in [2.24, 2.45) is 0 Å². The van der Waals surface area contributed by atoms with E-state index in [1.54, 1.807) is 0 Å². The molecule has 0 fully saturated rings. The third kappa shape index (κ3) is 5.24. The number of aryl methyl sites for hydroxylation is 1. The Balaban J connectivity index is 0.00000240. The van der Waals surface area contributed by atoms with Crippen molar-refractivity contribution in [3.63, 3.8) is 0 Å². The summed E-state index contributed by atoms with van der Waals surface area (Å²) in [4.78, 5) is 0. The molecule has 0 spiro atoms. The van der Waals surface area contributed by atoms with E-state index in [-0.39, 0.29) is 24.0 Å². The number of para-hydroxylation sites is 1. The lowest BCUT2D eigenvalue weighted by Gasteiger charge is -2.06. The number of aromatic nitrogens is 1. The van der Waals surface area contributed by atoms with Crippen LogP contribution < -0.4 is 33.3 Å². The van der Waals surface area contributed by atoms with Crippen LogP contribution in [0.1, 0.15) is 23.7 Å². The molecule has 0 saturated heterocycles. The zero-order chi connectivity index (χ0) is 19.2. The lowest BCUT2D eigenvalue weighted by Crippen LogP contribution is -3.00. The standard InChI is InChI=1S/C26H24NO.HI/c1-2-27-24(17-15-23-10-6-7-11-26(23)27)16-12-21-13-18-25(19-14-21)28-20-22-8-4-3-5-9-22;/h3-19H,2,20H2,1H3;1H/q+1;/p-1/b16-12+;. The van der Waals surface area contributed by atoms with Crippen LogP contribution in [0.5, 0.6) is 5.75 Å². The minimum Gasteiger partial charge on any atom is -1.00 e. The first kappa shape index (κ1) is 21.1. The monoisotopic (exact) mass is 493 g/mol. The fourth-order valence-electron chi connectivity index (χ4n) is 3.37. The van der Waals surface area contributed by atoms with Gasteiger partial charge in [-0.25, -0.2) is 0 Å². The normalized spacial score (nSPS) is 10.8. The van der Waals surface area contributed by atoms with Gasteiger partial charge in [0, 0.05) is 23.6 Å². The molecule has 1 heterocycles. The second-order valence-corrected chi connectivity index (χ2v) is 6.74. The maximum Gasteiger partial charge on any atom is 0.212 e. The molecule has 0 amide bonds. The number of ether oxygens (including phenoxy) is 1. The van der Waals surface area contributed by atoms with E-state index in [1.807, 2.05) is 30.3 Å². The molecule has 0 N–H and O–H groups in total. The molecule has 0 saturated carbocycles. The van der Waals surface area contributed by atoms with Gasteiger partial charge in [0.05, 0.1) is 0 Å². The van der Waals surface area contributed by atoms with Crippen molar-refractivity contribution in [1.29, 1.82) is 0 Å². The van der Waals surface area contributed by atoms with Crippen molar-refractivity contribution in [2.45, 2.75) is 20.1 Å². The van der Waals surface area contributed by atoms with Gasteiger partial charge in [0.1, 0.15) is 18.9 Å². The SMILES string of the molecule is CC[n+]1c(/C=C/c2ccc(OCc3ccccc3)cc2)ccc2ccccc21.[I-]. The van der Waals surface area contributed by atoms with Crippen LogP contribution in [0, 0.1) is 0 Å². The highest BCUT2D eigenvalue weighted by atomic mass is 127. The topological polar surface area (TPSA) is 13.1 Å². The van der Waals surface area contributed by atoms with E-state index in [0.717, 1.165) is 17.9 Å². The zero-order valence-corrected chi connectivity index (χ0v) is 18.6. The number of pyridine rings is 1. The van der Waals surface area contributed by atoms with Crippen molar-refractivity contribution in [1.82, 2.24) is 0 Å². The van der Waals surface area contributed by atoms with Crippen LogP contribution in [0.2, 0.25) is 0 Å². The Labute approximate surface area is 189 Å². The van der Waals surface area contributed by atoms with Crippen LogP contribution in [0.25, 0.3) is 23.1 Å². The van der Waals surface area contributed by atoms with Crippen LogP contribution in [-0.2, 0) is 13.2 Å². The number of nitrogens with zero attached hydrogens (tertiary/aromatic N) is 1. The second-order valence-electron chi connectivity index (χ2n) is 6.74. The predicted molar refractivity (Wildman–Crippen MR) is 116 cm³/mol. The molecule has 0 unspecified atom stereocenters. The summed E-state index contributed by atoms with van der Waals surface area (Å²) in [7, 11) is 0. The van der Waals surface area contributed by atoms with Gasteiger partial charge in [-0.05, 0) is 48.4 Å². The van der Waals surface area contributed by atoms with Gasteiger partial charge in [0.2, 0.25) is 11.2 Å². The summed E-state index contributed by atoms with van der Waals surface area (Å²) < 4.78 is 8.20. The van der Waals surface area contributed by atoms with Gasteiger partial charge in [-0.15, -0.1) is 0 Å². The molecule has 0 atom stereocenters. The molecule has 0 aliphatic carbocycles. The maximum atomic E-state index is 5.87. The molecule has 4 aromatic rings. The Morgan fingerprint density at radius 3 is 2.24 bits per heavy atom. The molecule has 0 aliphatic rings. The molecular weight excluding hydrogens is 469 g/mol. The van der Waals surface area contributed by atoms with Gasteiger partial charge in [0.15, 0.2) is 0 Å². The van der Waals surface area contributed by atoms with Crippen LogP contribution in [-0.4, -0.2) is 0 Å². The van der Waals surface area contributed by atoms with E-state index in [1.165, 1.54) is 22.2 Å². The van der Waals surface area contributed by atoms with Crippen molar-refractivity contribution in [3.8, 4) is 5.75 Å². The fourth-order valence-corrected chi connectivity index (χ4v) is 3.37. The Morgan fingerprint density at radius 2 is 1.48 bits per heavy atom. The van der Waals surface area contributed by atoms with E-state index < -0.39 is 0 Å². The first-order valence-corrected chi connectivity index (χ1v) is 9.70. The Morgan fingerprint density at radius 1 is 0.759 bits per heavy atom. The average Bonchev–Trinajstić information content (AvgIpc) is 2.77. The average molecular weight is 493 g/mol. The van der Waals surface area contributed by atoms with Crippen LogP contribution >= 0.6 is 0 Å². The smallest absolute Gasteiger partial charge is 0.212 e. The number of rotatable bonds is 6. The molecule has 4 rings (SSSR count). The molecular formula is C26H24INO. The third-order valence-corrected chi connectivity index (χ3v) is 4.86. The summed E-state index contributed by atoms with van der Waals surface area (Å²) in [5, 5.41) is 1.27. The minimum absolute atomic E-state index is 0. The van der Waals surface area contributed by atoms with Crippen molar-refractivity contribution in [3.05, 3.63) is 108 Å². The predicted octanol–water partition coefficient (Wildman–Crippen LogP) is 2.90. The van der Waals surface area contributed by atoms with E-state index in [9.17, 15) is 0 Å². The van der Waals surface area contributed by atoms with E-state index >= 15 is 0 Å². The molecule has 0 radical (unpaired) electrons. The highest BCUT2D eigenvalue weighted by Gasteiger charge is 2.10. The number of hydrogen-bond acceptors (Lipinski definition) is 1. The molecule has 0 bridgehead atoms. The molecule has 1 aromatic heterocycles. The highest BCUT2D eigenvalue weighted by molar-refractivity contribution is 5.77. The molecule has 3 heteroatoms. The summed E-state index contributed by atoms with van der Waals surface area (Å²) in [5.41, 5.74) is 4.79. The van der Waals surface area contributed by atoms with E-state index in [2.05, 4.69) is 84.3 Å². The lowest BCUT2D eigenvalue weighted by molar-refractivity contribution is -0.669. The van der Waals surface area contributed by atoms with Crippen molar-refractivity contribution >= 4 is 23.1 Å². The molecule has 3 aromatic carbocycles. The van der Waals surface area contributed by atoms with Crippen LogP contribution in [0.4, 0.5) is 0 Å². The zero-order valence-electron chi connectivity index (χ0n) is 16.5. The number of benzene rings is 3. The van der Waals surface area contributed by atoms with Gasteiger partial charge in [-0.2, -0.15) is 4.57 Å². The Bertz CT molecular complexity index is 1090. The molecule has 146 valence electrons. The largest absolute Gasteiger partial charge is 1.00 e. The van der Waals surface area contributed by atoms with Crippen LogP contribution in [0.15, 0.2) is 91.0 Å². The van der Waals surface area contributed by atoms with Gasteiger partial charge >= 0.3 is 0 Å². The fraction of sp³-hybridized carbons (Fsp3) is 0.115. The van der Waals surface area contributed by atoms with Crippen LogP contribution in [0.3, 0.4) is 0 Å². The van der Waals surface area contributed by atoms with E-state index in [4.69, 9.17) is 4.74 Å². The van der Waals surface area contributed by atoms with Gasteiger partial charge in [-0.3, -0.25) is 0 Å². The first-order valence-electron chi connectivity index (χ1n) is 9.70. The Hall–Kier alpha value is -2.66. The summed E-state index contributed by atoms with van der Waals surface area (Å²) in [6.45, 7) is 3.71. The Kier molecular flexibility index (Phi) is 7.42. The minimum atomic E-state index is 0. The van der Waals surface area contributed by atoms with Crippen molar-refractivity contribution < 1.29 is 33.3 Å². The molecule has 2 nitrogen and oxygen atoms in total. The van der Waals surface area contributed by atoms with Gasteiger partial charge in [-0.1, -0.05) is 54.6 Å². The van der Waals surface area contributed by atoms with Gasteiger partial charge in [0.25, 0.3) is 0 Å². The number of hydrogen-bond donors (Lipinski definition) is 0. The van der Waals surface area contributed by atoms with Gasteiger partial charge < -0.3 is 28.7 Å². The lowest BCUT2D eigenvalue weighted by atomic mass is 10.1. The molecule has 29 heavy (non-hydrogen) atoms. The first-order chi connectivity index (χ1) is 13.8. The third-order valence-electron chi connectivity index (χ3n) is 4.86. The van der Waals surface area contributed by atoms with E-state index in [0.29, 0.717) is 6.61 Å². The summed E-state index contributed by atoms with van der Waals surface area (Å²) in [6, 6.07) is 31.3. The summed E-state index contributed by atoms with van der Waals surface area (Å²) >= 11 is 0. The second kappa shape index (κ2) is 10.2. The quantitative estimate of drug-likeness (QED) is 0.298. The summed E-state index contributed by atoms with van der Waals surface area (Å²) in [6.07, 6.45) is 4.33. The summed E-state index contributed by atoms with van der Waals surface area (Å²) in [5.74, 6) is 0.885.